The summed E-state index contributed by atoms with van der Waals surface area (Å²) >= 11 is 0. The maximum atomic E-state index is 13.3. The van der Waals surface area contributed by atoms with E-state index in [2.05, 4.69) is 15.5 Å². The summed E-state index contributed by atoms with van der Waals surface area (Å²) in [5.41, 5.74) is 2.23. The summed E-state index contributed by atoms with van der Waals surface area (Å²) in [7, 11) is 0. The second kappa shape index (κ2) is 10.9. The smallest absolute Gasteiger partial charge is 0.336 e. The average molecular weight is 502 g/mol. The number of anilines is 3. The second-order valence-corrected chi connectivity index (χ2v) is 8.92. The van der Waals surface area contributed by atoms with Crippen LogP contribution in [-0.4, -0.2) is 47.1 Å². The van der Waals surface area contributed by atoms with Crippen LogP contribution in [0, 0.1) is 6.92 Å². The van der Waals surface area contributed by atoms with E-state index < -0.39 is 17.8 Å². The fourth-order valence-electron chi connectivity index (χ4n) is 4.29. The van der Waals surface area contributed by atoms with Gasteiger partial charge < -0.3 is 25.7 Å². The third-order valence-electron chi connectivity index (χ3n) is 6.25. The molecule has 3 aromatic carbocycles. The summed E-state index contributed by atoms with van der Waals surface area (Å²) in [6, 6.07) is 15.6. The average Bonchev–Trinajstić information content (AvgIpc) is 2.90. The van der Waals surface area contributed by atoms with Gasteiger partial charge >= 0.3 is 11.9 Å². The molecule has 9 nitrogen and oxygen atoms in total. The van der Waals surface area contributed by atoms with Gasteiger partial charge in [-0.15, -0.1) is 0 Å². The minimum atomic E-state index is -1.36. The molecule has 0 unspecified atom stereocenters. The third kappa shape index (κ3) is 5.95. The van der Waals surface area contributed by atoms with Crippen LogP contribution in [0.3, 0.4) is 0 Å². The topological polar surface area (TPSA) is 136 Å². The minimum absolute atomic E-state index is 0.214. The second-order valence-electron chi connectivity index (χ2n) is 8.92. The normalized spacial score (nSPS) is 13.1. The Morgan fingerprint density at radius 1 is 0.676 bits per heavy atom. The first-order valence-electron chi connectivity index (χ1n) is 11.9. The standard InChI is InChI=1S/C28H27N3O6/c1-17-5-8-19(9-6-17)29-26(33)23-16-20(10-12-24(23)31-13-3-2-4-14-31)30-25(32)22-15-18(27(34)35)7-11-21(22)28(36)37/h5-12,15-16H,2-4,13-14H2,1H3,(H,29,33)(H,30,32)(H,34,35)(H,36,37). The molecule has 3 aromatic rings. The molecule has 0 atom stereocenters. The van der Waals surface area contributed by atoms with E-state index in [1.54, 1.807) is 18.2 Å². The van der Waals surface area contributed by atoms with Gasteiger partial charge in [-0.3, -0.25) is 9.59 Å². The number of amides is 2. The Bertz CT molecular complexity index is 1360. The molecule has 1 saturated heterocycles. The summed E-state index contributed by atoms with van der Waals surface area (Å²) in [6.45, 7) is 3.56. The molecule has 1 heterocycles. The Hall–Kier alpha value is -4.66. The highest BCUT2D eigenvalue weighted by molar-refractivity contribution is 6.13. The highest BCUT2D eigenvalue weighted by atomic mass is 16.4. The molecule has 4 N–H and O–H groups in total. The fraction of sp³-hybridized carbons (Fsp3) is 0.214. The van der Waals surface area contributed by atoms with E-state index in [1.807, 2.05) is 31.2 Å². The quantitative estimate of drug-likeness (QED) is 0.362. The maximum Gasteiger partial charge on any atom is 0.336 e. The lowest BCUT2D eigenvalue weighted by Gasteiger charge is -2.30. The molecular weight excluding hydrogens is 474 g/mol. The first-order chi connectivity index (χ1) is 17.7. The van der Waals surface area contributed by atoms with Gasteiger partial charge in [-0.2, -0.15) is 0 Å². The highest BCUT2D eigenvalue weighted by Gasteiger charge is 2.22. The molecule has 0 saturated carbocycles. The number of aromatic carboxylic acids is 2. The van der Waals surface area contributed by atoms with Crippen LogP contribution in [0.4, 0.5) is 17.1 Å². The number of carboxylic acids is 2. The third-order valence-corrected chi connectivity index (χ3v) is 6.25. The van der Waals surface area contributed by atoms with Crippen molar-refractivity contribution in [3.8, 4) is 0 Å². The van der Waals surface area contributed by atoms with Crippen molar-refractivity contribution in [1.29, 1.82) is 0 Å². The molecule has 0 bridgehead atoms. The van der Waals surface area contributed by atoms with Gasteiger partial charge in [0.05, 0.1) is 22.3 Å². The minimum Gasteiger partial charge on any atom is -0.478 e. The summed E-state index contributed by atoms with van der Waals surface area (Å²) in [4.78, 5) is 51.5. The van der Waals surface area contributed by atoms with Gasteiger partial charge in [0.1, 0.15) is 0 Å². The largest absolute Gasteiger partial charge is 0.478 e. The van der Waals surface area contributed by atoms with Gasteiger partial charge in [0.15, 0.2) is 0 Å². The summed E-state index contributed by atoms with van der Waals surface area (Å²) in [6.07, 6.45) is 3.14. The van der Waals surface area contributed by atoms with Crippen LogP contribution >= 0.6 is 0 Å². The van der Waals surface area contributed by atoms with Crippen LogP contribution in [0.25, 0.3) is 0 Å². The number of carboxylic acid groups (broad SMARTS) is 2. The van der Waals surface area contributed by atoms with E-state index in [0.717, 1.165) is 61.8 Å². The van der Waals surface area contributed by atoms with Crippen molar-refractivity contribution in [2.45, 2.75) is 26.2 Å². The first-order valence-corrected chi connectivity index (χ1v) is 11.9. The van der Waals surface area contributed by atoms with E-state index in [1.165, 1.54) is 0 Å². The van der Waals surface area contributed by atoms with Crippen molar-refractivity contribution < 1.29 is 29.4 Å². The van der Waals surface area contributed by atoms with Gasteiger partial charge in [0.2, 0.25) is 0 Å². The number of benzene rings is 3. The SMILES string of the molecule is Cc1ccc(NC(=O)c2cc(NC(=O)c3cc(C(=O)O)ccc3C(=O)O)ccc2N2CCCCC2)cc1. The highest BCUT2D eigenvalue weighted by Crippen LogP contribution is 2.29. The fourth-order valence-corrected chi connectivity index (χ4v) is 4.29. The first kappa shape index (κ1) is 25.4. The Kier molecular flexibility index (Phi) is 7.52. The van der Waals surface area contributed by atoms with E-state index in [9.17, 15) is 29.4 Å². The molecule has 4 rings (SSSR count). The predicted molar refractivity (Wildman–Crippen MR) is 140 cm³/mol. The Balaban J connectivity index is 1.67. The van der Waals surface area contributed by atoms with Gasteiger partial charge in [-0.25, -0.2) is 9.59 Å². The molecule has 2 amide bonds. The molecule has 37 heavy (non-hydrogen) atoms. The summed E-state index contributed by atoms with van der Waals surface area (Å²) < 4.78 is 0. The van der Waals surface area contributed by atoms with E-state index in [-0.39, 0.29) is 28.3 Å². The maximum absolute atomic E-state index is 13.3. The zero-order valence-corrected chi connectivity index (χ0v) is 20.3. The molecule has 0 radical (unpaired) electrons. The van der Waals surface area contributed by atoms with Crippen LogP contribution in [0.5, 0.6) is 0 Å². The molecule has 0 aromatic heterocycles. The van der Waals surface area contributed by atoms with E-state index >= 15 is 0 Å². The summed E-state index contributed by atoms with van der Waals surface area (Å²) in [5, 5.41) is 24.3. The number of rotatable bonds is 7. The molecule has 0 aliphatic carbocycles. The number of aryl methyl sites for hydroxylation is 1. The molecule has 190 valence electrons. The lowest BCUT2D eigenvalue weighted by Crippen LogP contribution is -2.31. The van der Waals surface area contributed by atoms with Crippen molar-refractivity contribution in [2.24, 2.45) is 0 Å². The number of nitrogens with zero attached hydrogens (tertiary/aromatic N) is 1. The van der Waals surface area contributed by atoms with Crippen LogP contribution < -0.4 is 15.5 Å². The number of carbonyl (C=O) groups excluding carboxylic acids is 2. The van der Waals surface area contributed by atoms with Crippen molar-refractivity contribution in [3.05, 3.63) is 88.5 Å². The van der Waals surface area contributed by atoms with Gasteiger partial charge in [-0.1, -0.05) is 17.7 Å². The molecule has 0 spiro atoms. The molecule has 1 aliphatic rings. The number of hydrogen-bond acceptors (Lipinski definition) is 5. The van der Waals surface area contributed by atoms with Gasteiger partial charge in [-0.05, 0) is 74.7 Å². The number of nitrogens with one attached hydrogen (secondary N) is 2. The van der Waals surface area contributed by atoms with Crippen molar-refractivity contribution in [2.75, 3.05) is 28.6 Å². The van der Waals surface area contributed by atoms with Crippen LogP contribution in [-0.2, 0) is 0 Å². The Labute approximate surface area is 213 Å². The van der Waals surface area contributed by atoms with Crippen LogP contribution in [0.2, 0.25) is 0 Å². The zero-order valence-electron chi connectivity index (χ0n) is 20.3. The Morgan fingerprint density at radius 2 is 1.30 bits per heavy atom. The van der Waals surface area contributed by atoms with Crippen molar-refractivity contribution in [1.82, 2.24) is 0 Å². The zero-order chi connectivity index (χ0) is 26.5. The van der Waals surface area contributed by atoms with Gasteiger partial charge in [0.25, 0.3) is 11.8 Å². The molecule has 9 heteroatoms. The Morgan fingerprint density at radius 3 is 1.95 bits per heavy atom. The number of hydrogen-bond donors (Lipinski definition) is 4. The molecule has 1 fully saturated rings. The van der Waals surface area contributed by atoms with Crippen LogP contribution in [0.15, 0.2) is 60.7 Å². The lowest BCUT2D eigenvalue weighted by molar-refractivity contribution is 0.0679. The molecule has 1 aliphatic heterocycles. The van der Waals surface area contributed by atoms with Crippen molar-refractivity contribution in [3.63, 3.8) is 0 Å². The lowest BCUT2D eigenvalue weighted by atomic mass is 10.0. The number of carbonyl (C=O) groups is 4. The predicted octanol–water partition coefficient (Wildman–Crippen LogP) is 4.89. The van der Waals surface area contributed by atoms with E-state index in [4.69, 9.17) is 0 Å². The monoisotopic (exact) mass is 501 g/mol. The van der Waals surface area contributed by atoms with Crippen LogP contribution in [0.1, 0.15) is 66.3 Å². The number of piperidine rings is 1. The summed E-state index contributed by atoms with van der Waals surface area (Å²) in [5.74, 6) is -3.79. The van der Waals surface area contributed by atoms with E-state index in [0.29, 0.717) is 11.3 Å². The van der Waals surface area contributed by atoms with Crippen molar-refractivity contribution >= 4 is 40.8 Å². The van der Waals surface area contributed by atoms with Gasteiger partial charge in [0, 0.05) is 30.2 Å². The molecular formula is C28H27N3O6.